The van der Waals surface area contributed by atoms with Gasteiger partial charge in [-0.15, -0.1) is 0 Å². The number of hydrogen-bond donors (Lipinski definition) is 3. The Hall–Kier alpha value is -3.30. The summed E-state index contributed by atoms with van der Waals surface area (Å²) in [4.78, 5) is 36.9. The summed E-state index contributed by atoms with van der Waals surface area (Å²) in [6, 6.07) is 6.23. The van der Waals surface area contributed by atoms with E-state index in [9.17, 15) is 27.6 Å². The zero-order valence-electron chi connectivity index (χ0n) is 16.6. The molecule has 0 bridgehead atoms. The van der Waals surface area contributed by atoms with Crippen LogP contribution in [0.1, 0.15) is 40.3 Å². The number of nitrogens with one attached hydrogen (secondary N) is 3. The van der Waals surface area contributed by atoms with Crippen LogP contribution in [0, 0.1) is 12.8 Å². The summed E-state index contributed by atoms with van der Waals surface area (Å²) in [5, 5.41) is 6.98. The number of halogens is 3. The standard InChI is InChI=1S/C20H22F3N3O4/c1-11(2)16(26-18(28)15-5-4-8-30-15)19(29)25-14-9-13(7-6-12(14)3)17(27)24-10-20(21,22)23/h4-9,11,16H,10H2,1-3H3,(H,24,27)(H,25,29)(H,26,28). The van der Waals surface area contributed by atoms with Crippen LogP contribution in [0.15, 0.2) is 41.0 Å². The number of rotatable bonds is 7. The van der Waals surface area contributed by atoms with E-state index in [0.29, 0.717) is 5.56 Å². The van der Waals surface area contributed by atoms with Crippen molar-refractivity contribution in [2.75, 3.05) is 11.9 Å². The second-order valence-corrected chi connectivity index (χ2v) is 6.99. The average Bonchev–Trinajstić information content (AvgIpc) is 3.19. The summed E-state index contributed by atoms with van der Waals surface area (Å²) in [6.45, 7) is 3.68. The summed E-state index contributed by atoms with van der Waals surface area (Å²) in [6.07, 6.45) is -3.20. The van der Waals surface area contributed by atoms with Crippen LogP contribution in [0.3, 0.4) is 0 Å². The third kappa shape index (κ3) is 6.36. The lowest BCUT2D eigenvalue weighted by molar-refractivity contribution is -0.123. The molecule has 0 saturated carbocycles. The maximum Gasteiger partial charge on any atom is 0.405 e. The van der Waals surface area contributed by atoms with Gasteiger partial charge in [-0.1, -0.05) is 19.9 Å². The number of aryl methyl sites for hydroxylation is 1. The van der Waals surface area contributed by atoms with Crippen LogP contribution in [-0.4, -0.2) is 36.5 Å². The van der Waals surface area contributed by atoms with Gasteiger partial charge in [-0.25, -0.2) is 0 Å². The number of alkyl halides is 3. The van der Waals surface area contributed by atoms with Crippen LogP contribution in [-0.2, 0) is 4.79 Å². The molecule has 1 atom stereocenters. The Kier molecular flexibility index (Phi) is 7.25. The molecule has 0 aliphatic carbocycles. The molecule has 1 aromatic heterocycles. The molecule has 30 heavy (non-hydrogen) atoms. The normalized spacial score (nSPS) is 12.4. The Balaban J connectivity index is 2.13. The Bertz CT molecular complexity index is 909. The van der Waals surface area contributed by atoms with Gasteiger partial charge in [0.1, 0.15) is 12.6 Å². The van der Waals surface area contributed by atoms with Crippen LogP contribution < -0.4 is 16.0 Å². The lowest BCUT2D eigenvalue weighted by atomic mass is 10.0. The summed E-state index contributed by atoms with van der Waals surface area (Å²) in [5.74, 6) is -2.25. The quantitative estimate of drug-likeness (QED) is 0.634. The second-order valence-electron chi connectivity index (χ2n) is 6.99. The van der Waals surface area contributed by atoms with Crippen LogP contribution in [0.4, 0.5) is 18.9 Å². The largest absolute Gasteiger partial charge is 0.459 e. The van der Waals surface area contributed by atoms with Crippen LogP contribution in [0.5, 0.6) is 0 Å². The second kappa shape index (κ2) is 9.47. The predicted octanol–water partition coefficient (Wildman–Crippen LogP) is 3.27. The molecule has 1 aromatic carbocycles. The molecular weight excluding hydrogens is 403 g/mol. The minimum Gasteiger partial charge on any atom is -0.459 e. The van der Waals surface area contributed by atoms with Crippen molar-refractivity contribution in [3.8, 4) is 0 Å². The number of furan rings is 1. The van der Waals surface area contributed by atoms with Gasteiger partial charge in [-0.3, -0.25) is 14.4 Å². The van der Waals surface area contributed by atoms with E-state index < -0.39 is 36.5 Å². The number of anilines is 1. The molecule has 3 amide bonds. The third-order valence-corrected chi connectivity index (χ3v) is 4.19. The highest BCUT2D eigenvalue weighted by Crippen LogP contribution is 2.19. The van der Waals surface area contributed by atoms with Crippen molar-refractivity contribution in [3.05, 3.63) is 53.5 Å². The molecule has 162 valence electrons. The van der Waals surface area contributed by atoms with Crippen molar-refractivity contribution >= 4 is 23.4 Å². The fraction of sp³-hybridized carbons (Fsp3) is 0.350. The summed E-state index contributed by atoms with van der Waals surface area (Å²) < 4.78 is 41.9. The molecule has 0 spiro atoms. The molecular formula is C20H22F3N3O4. The van der Waals surface area contributed by atoms with Gasteiger partial charge in [-0.2, -0.15) is 13.2 Å². The Morgan fingerprint density at radius 1 is 1.10 bits per heavy atom. The van der Waals surface area contributed by atoms with Gasteiger partial charge in [0.25, 0.3) is 11.8 Å². The number of carbonyl (C=O) groups excluding carboxylic acids is 3. The van der Waals surface area contributed by atoms with Crippen LogP contribution in [0.2, 0.25) is 0 Å². The van der Waals surface area contributed by atoms with Gasteiger partial charge in [0.2, 0.25) is 5.91 Å². The van der Waals surface area contributed by atoms with Gasteiger partial charge in [-0.05, 0) is 42.7 Å². The topological polar surface area (TPSA) is 100 Å². The maximum absolute atomic E-state index is 12.7. The molecule has 2 aromatic rings. The Morgan fingerprint density at radius 3 is 2.37 bits per heavy atom. The van der Waals surface area contributed by atoms with Gasteiger partial charge >= 0.3 is 6.18 Å². The molecule has 7 nitrogen and oxygen atoms in total. The highest BCUT2D eigenvalue weighted by Gasteiger charge is 2.28. The fourth-order valence-corrected chi connectivity index (χ4v) is 2.55. The number of hydrogen-bond acceptors (Lipinski definition) is 4. The highest BCUT2D eigenvalue weighted by molar-refractivity contribution is 6.02. The molecule has 3 N–H and O–H groups in total. The van der Waals surface area contributed by atoms with E-state index in [1.54, 1.807) is 26.1 Å². The monoisotopic (exact) mass is 425 g/mol. The van der Waals surface area contributed by atoms with Crippen LogP contribution >= 0.6 is 0 Å². The lowest BCUT2D eigenvalue weighted by Gasteiger charge is -2.22. The molecule has 10 heteroatoms. The van der Waals surface area contributed by atoms with Gasteiger partial charge in [0.15, 0.2) is 5.76 Å². The van der Waals surface area contributed by atoms with Gasteiger partial charge in [0.05, 0.1) is 6.26 Å². The van der Waals surface area contributed by atoms with Crippen molar-refractivity contribution in [2.45, 2.75) is 33.0 Å². The minimum absolute atomic E-state index is 0.0409. The zero-order valence-corrected chi connectivity index (χ0v) is 16.6. The smallest absolute Gasteiger partial charge is 0.405 e. The first-order valence-electron chi connectivity index (χ1n) is 9.09. The predicted molar refractivity (Wildman–Crippen MR) is 103 cm³/mol. The molecule has 0 aliphatic heterocycles. The molecule has 0 radical (unpaired) electrons. The van der Waals surface area contributed by atoms with E-state index in [2.05, 4.69) is 10.6 Å². The Morgan fingerprint density at radius 2 is 1.80 bits per heavy atom. The SMILES string of the molecule is Cc1ccc(C(=O)NCC(F)(F)F)cc1NC(=O)C(NC(=O)c1ccco1)C(C)C. The van der Waals surface area contributed by atoms with Crippen molar-refractivity contribution in [1.82, 2.24) is 10.6 Å². The van der Waals surface area contributed by atoms with E-state index in [4.69, 9.17) is 4.42 Å². The molecule has 0 saturated heterocycles. The van der Waals surface area contributed by atoms with Crippen LogP contribution in [0.25, 0.3) is 0 Å². The molecule has 1 unspecified atom stereocenters. The third-order valence-electron chi connectivity index (χ3n) is 4.19. The minimum atomic E-state index is -4.53. The van der Waals surface area contributed by atoms with Crippen molar-refractivity contribution in [1.29, 1.82) is 0 Å². The summed E-state index contributed by atoms with van der Waals surface area (Å²) in [7, 11) is 0. The Labute approximate surface area is 171 Å². The first-order valence-corrected chi connectivity index (χ1v) is 9.09. The first kappa shape index (κ1) is 23.0. The average molecular weight is 425 g/mol. The van der Waals surface area contributed by atoms with Crippen molar-refractivity contribution < 1.29 is 32.0 Å². The number of carbonyl (C=O) groups is 3. The fourth-order valence-electron chi connectivity index (χ4n) is 2.55. The summed E-state index contributed by atoms with van der Waals surface area (Å²) in [5.41, 5.74) is 0.800. The maximum atomic E-state index is 12.7. The van der Waals surface area contributed by atoms with Gasteiger partial charge < -0.3 is 20.4 Å². The molecule has 2 rings (SSSR count). The van der Waals surface area contributed by atoms with E-state index in [-0.39, 0.29) is 22.9 Å². The number of benzene rings is 1. The summed E-state index contributed by atoms with van der Waals surface area (Å²) >= 11 is 0. The lowest BCUT2D eigenvalue weighted by Crippen LogP contribution is -2.47. The van der Waals surface area contributed by atoms with Crippen molar-refractivity contribution in [2.24, 2.45) is 5.92 Å². The molecule has 0 fully saturated rings. The van der Waals surface area contributed by atoms with E-state index in [0.717, 1.165) is 0 Å². The van der Waals surface area contributed by atoms with E-state index in [1.165, 1.54) is 36.6 Å². The number of amides is 3. The highest BCUT2D eigenvalue weighted by atomic mass is 19.4. The molecule has 0 aliphatic rings. The van der Waals surface area contributed by atoms with Crippen molar-refractivity contribution in [3.63, 3.8) is 0 Å². The van der Waals surface area contributed by atoms with E-state index in [1.807, 2.05) is 0 Å². The van der Waals surface area contributed by atoms with Gasteiger partial charge in [0, 0.05) is 11.3 Å². The molecule has 1 heterocycles. The van der Waals surface area contributed by atoms with E-state index >= 15 is 0 Å². The first-order chi connectivity index (χ1) is 14.0. The zero-order chi connectivity index (χ0) is 22.5.